The van der Waals surface area contributed by atoms with E-state index in [1.165, 1.54) is 18.2 Å². The summed E-state index contributed by atoms with van der Waals surface area (Å²) in [6, 6.07) is 4.76. The molecule has 21 heavy (non-hydrogen) atoms. The van der Waals surface area contributed by atoms with Crippen molar-refractivity contribution in [1.29, 1.82) is 0 Å². The standard InChI is InChI=1S/C16H15F4N/c1-3-21-16(11-5-4-10(17)6-9(11)2)12-7-14(19)15(20)8-13(12)18/h4-8,16,21H,3H2,1-2H3. The van der Waals surface area contributed by atoms with Crippen LogP contribution in [-0.4, -0.2) is 6.54 Å². The van der Waals surface area contributed by atoms with Crippen molar-refractivity contribution in [2.24, 2.45) is 0 Å². The van der Waals surface area contributed by atoms with Crippen LogP contribution >= 0.6 is 0 Å². The Morgan fingerprint density at radius 1 is 0.905 bits per heavy atom. The second-order valence-electron chi connectivity index (χ2n) is 4.78. The van der Waals surface area contributed by atoms with Crippen LogP contribution in [0.2, 0.25) is 0 Å². The highest BCUT2D eigenvalue weighted by Crippen LogP contribution is 2.28. The topological polar surface area (TPSA) is 12.0 Å². The van der Waals surface area contributed by atoms with E-state index in [4.69, 9.17) is 0 Å². The van der Waals surface area contributed by atoms with E-state index in [9.17, 15) is 17.6 Å². The third-order valence-electron chi connectivity index (χ3n) is 3.30. The molecule has 1 N–H and O–H groups in total. The molecule has 0 radical (unpaired) electrons. The molecular weight excluding hydrogens is 282 g/mol. The number of nitrogens with one attached hydrogen (secondary N) is 1. The Bertz CT molecular complexity index is 655. The monoisotopic (exact) mass is 297 g/mol. The second-order valence-corrected chi connectivity index (χ2v) is 4.78. The van der Waals surface area contributed by atoms with Crippen molar-refractivity contribution >= 4 is 0 Å². The second kappa shape index (κ2) is 6.26. The van der Waals surface area contributed by atoms with Crippen LogP contribution in [0.1, 0.15) is 29.7 Å². The Balaban J connectivity index is 2.55. The van der Waals surface area contributed by atoms with Gasteiger partial charge in [-0.15, -0.1) is 0 Å². The van der Waals surface area contributed by atoms with E-state index in [0.717, 1.165) is 6.07 Å². The molecule has 1 nitrogen and oxygen atoms in total. The lowest BCUT2D eigenvalue weighted by molar-refractivity contribution is 0.480. The van der Waals surface area contributed by atoms with E-state index < -0.39 is 29.3 Å². The van der Waals surface area contributed by atoms with Gasteiger partial charge in [-0.25, -0.2) is 17.6 Å². The van der Waals surface area contributed by atoms with Crippen LogP contribution < -0.4 is 5.32 Å². The van der Waals surface area contributed by atoms with Crippen molar-refractivity contribution in [2.45, 2.75) is 19.9 Å². The molecule has 0 bridgehead atoms. The molecule has 2 aromatic rings. The first kappa shape index (κ1) is 15.5. The number of hydrogen-bond acceptors (Lipinski definition) is 1. The Labute approximate surface area is 120 Å². The average molecular weight is 297 g/mol. The number of rotatable bonds is 4. The number of benzene rings is 2. The fraction of sp³-hybridized carbons (Fsp3) is 0.250. The molecule has 0 fully saturated rings. The van der Waals surface area contributed by atoms with Gasteiger partial charge in [0.25, 0.3) is 0 Å². The first-order valence-electron chi connectivity index (χ1n) is 6.58. The SMILES string of the molecule is CCNC(c1ccc(F)cc1C)c1cc(F)c(F)cc1F. The number of hydrogen-bond donors (Lipinski definition) is 1. The summed E-state index contributed by atoms with van der Waals surface area (Å²) in [5.74, 6) is -3.60. The lowest BCUT2D eigenvalue weighted by Crippen LogP contribution is -2.24. The molecule has 0 aliphatic rings. The molecular formula is C16H15F4N. The average Bonchev–Trinajstić information content (AvgIpc) is 2.41. The summed E-state index contributed by atoms with van der Waals surface area (Å²) in [6.45, 7) is 3.98. The van der Waals surface area contributed by atoms with Crippen LogP contribution in [0.3, 0.4) is 0 Å². The van der Waals surface area contributed by atoms with Gasteiger partial charge in [-0.05, 0) is 42.8 Å². The van der Waals surface area contributed by atoms with Gasteiger partial charge in [-0.3, -0.25) is 0 Å². The first-order valence-corrected chi connectivity index (χ1v) is 6.58. The van der Waals surface area contributed by atoms with E-state index >= 15 is 0 Å². The Morgan fingerprint density at radius 3 is 2.19 bits per heavy atom. The van der Waals surface area contributed by atoms with Gasteiger partial charge < -0.3 is 5.32 Å². The van der Waals surface area contributed by atoms with Gasteiger partial charge in [0.15, 0.2) is 11.6 Å². The number of aryl methyl sites for hydroxylation is 1. The minimum Gasteiger partial charge on any atom is -0.306 e. The molecule has 2 rings (SSSR count). The van der Waals surface area contributed by atoms with Gasteiger partial charge in [0.2, 0.25) is 0 Å². The van der Waals surface area contributed by atoms with Crippen molar-refractivity contribution in [2.75, 3.05) is 6.54 Å². The van der Waals surface area contributed by atoms with Crippen molar-refractivity contribution in [1.82, 2.24) is 5.32 Å². The predicted octanol–water partition coefficient (Wildman–Crippen LogP) is 4.25. The summed E-state index contributed by atoms with van der Waals surface area (Å²) in [5, 5.41) is 3.01. The van der Waals surface area contributed by atoms with Gasteiger partial charge in [0, 0.05) is 11.6 Å². The Hall–Kier alpha value is -1.88. The summed E-state index contributed by atoms with van der Waals surface area (Å²) < 4.78 is 53.6. The first-order chi connectivity index (χ1) is 9.93. The van der Waals surface area contributed by atoms with Crippen LogP contribution in [0, 0.1) is 30.2 Å². The van der Waals surface area contributed by atoms with E-state index in [2.05, 4.69) is 5.32 Å². The van der Waals surface area contributed by atoms with E-state index in [-0.39, 0.29) is 5.56 Å². The maximum Gasteiger partial charge on any atom is 0.161 e. The fourth-order valence-corrected chi connectivity index (χ4v) is 2.31. The summed E-state index contributed by atoms with van der Waals surface area (Å²) in [4.78, 5) is 0. The van der Waals surface area contributed by atoms with Gasteiger partial charge in [0.1, 0.15) is 11.6 Å². The highest BCUT2D eigenvalue weighted by molar-refractivity contribution is 5.38. The molecule has 0 amide bonds. The minimum absolute atomic E-state index is 0.00884. The highest BCUT2D eigenvalue weighted by Gasteiger charge is 2.21. The lowest BCUT2D eigenvalue weighted by Gasteiger charge is -2.21. The molecule has 0 aliphatic carbocycles. The van der Waals surface area contributed by atoms with Crippen molar-refractivity contribution in [3.8, 4) is 0 Å². The van der Waals surface area contributed by atoms with Crippen LogP contribution in [0.25, 0.3) is 0 Å². The maximum absolute atomic E-state index is 14.0. The highest BCUT2D eigenvalue weighted by atomic mass is 19.2. The van der Waals surface area contributed by atoms with Crippen LogP contribution in [0.15, 0.2) is 30.3 Å². The normalized spacial score (nSPS) is 12.5. The summed E-state index contributed by atoms with van der Waals surface area (Å²) in [7, 11) is 0. The van der Waals surface area contributed by atoms with E-state index in [1.807, 2.05) is 6.92 Å². The maximum atomic E-state index is 14.0. The third-order valence-corrected chi connectivity index (χ3v) is 3.30. The minimum atomic E-state index is -1.23. The van der Waals surface area contributed by atoms with Crippen LogP contribution in [0.5, 0.6) is 0 Å². The lowest BCUT2D eigenvalue weighted by atomic mass is 9.94. The van der Waals surface area contributed by atoms with Gasteiger partial charge in [-0.2, -0.15) is 0 Å². The largest absolute Gasteiger partial charge is 0.306 e. The summed E-state index contributed by atoms with van der Waals surface area (Å²) in [5.41, 5.74) is 1.21. The molecule has 0 spiro atoms. The van der Waals surface area contributed by atoms with Crippen LogP contribution in [0.4, 0.5) is 17.6 Å². The molecule has 112 valence electrons. The predicted molar refractivity (Wildman–Crippen MR) is 73.0 cm³/mol. The molecule has 5 heteroatoms. The smallest absolute Gasteiger partial charge is 0.161 e. The summed E-state index contributed by atoms with van der Waals surface area (Å²) in [6.07, 6.45) is 0. The summed E-state index contributed by atoms with van der Waals surface area (Å²) >= 11 is 0. The molecule has 1 atom stereocenters. The van der Waals surface area contributed by atoms with Crippen molar-refractivity contribution < 1.29 is 17.6 Å². The Kier molecular flexibility index (Phi) is 4.63. The third kappa shape index (κ3) is 3.24. The molecule has 1 unspecified atom stereocenters. The van der Waals surface area contributed by atoms with E-state index in [1.54, 1.807) is 6.92 Å². The molecule has 0 saturated heterocycles. The number of halogens is 4. The zero-order chi connectivity index (χ0) is 15.6. The molecule has 0 heterocycles. The van der Waals surface area contributed by atoms with Crippen LogP contribution in [-0.2, 0) is 0 Å². The zero-order valence-electron chi connectivity index (χ0n) is 11.7. The van der Waals surface area contributed by atoms with Crippen molar-refractivity contribution in [3.63, 3.8) is 0 Å². The fourth-order valence-electron chi connectivity index (χ4n) is 2.31. The van der Waals surface area contributed by atoms with Gasteiger partial charge >= 0.3 is 0 Å². The molecule has 0 aliphatic heterocycles. The molecule has 0 aromatic heterocycles. The van der Waals surface area contributed by atoms with Crippen molar-refractivity contribution in [3.05, 3.63) is 70.3 Å². The Morgan fingerprint density at radius 2 is 1.57 bits per heavy atom. The quantitative estimate of drug-likeness (QED) is 0.657. The molecule has 2 aromatic carbocycles. The zero-order valence-corrected chi connectivity index (χ0v) is 11.7. The van der Waals surface area contributed by atoms with E-state index in [0.29, 0.717) is 23.7 Å². The van der Waals surface area contributed by atoms with Gasteiger partial charge in [0.05, 0.1) is 6.04 Å². The molecule has 0 saturated carbocycles. The van der Waals surface area contributed by atoms with Gasteiger partial charge in [-0.1, -0.05) is 13.0 Å².